The maximum absolute atomic E-state index is 11.4. The Hall–Kier alpha value is -3.11. The third kappa shape index (κ3) is 3.71. The molecule has 0 atom stereocenters. The van der Waals surface area contributed by atoms with E-state index in [2.05, 4.69) is 22.4 Å². The van der Waals surface area contributed by atoms with Crippen LogP contribution in [0.2, 0.25) is 0 Å². The Labute approximate surface area is 161 Å². The molecule has 0 saturated carbocycles. The first-order chi connectivity index (χ1) is 13.2. The summed E-state index contributed by atoms with van der Waals surface area (Å²) in [6, 6.07) is 21.9. The van der Waals surface area contributed by atoms with Gasteiger partial charge in [-0.3, -0.25) is 9.78 Å². The SMILES string of the molecule is O=C(CCl)NCc1cccc(-c2cc3nccc(-c4ccccc4)c3o2)c1. The maximum atomic E-state index is 11.4. The van der Waals surface area contributed by atoms with E-state index >= 15 is 0 Å². The van der Waals surface area contributed by atoms with Gasteiger partial charge in [0.05, 0.1) is 0 Å². The summed E-state index contributed by atoms with van der Waals surface area (Å²) in [6.45, 7) is 0.424. The molecule has 4 nitrogen and oxygen atoms in total. The molecule has 0 spiro atoms. The average Bonchev–Trinajstić information content (AvgIpc) is 3.17. The third-order valence-corrected chi connectivity index (χ3v) is 4.56. The number of fused-ring (bicyclic) bond motifs is 1. The number of hydrogen-bond acceptors (Lipinski definition) is 3. The highest BCUT2D eigenvalue weighted by Crippen LogP contribution is 2.33. The van der Waals surface area contributed by atoms with E-state index in [9.17, 15) is 4.79 Å². The third-order valence-electron chi connectivity index (χ3n) is 4.32. The smallest absolute Gasteiger partial charge is 0.235 e. The number of benzene rings is 2. The molecule has 27 heavy (non-hydrogen) atoms. The number of halogens is 1. The zero-order valence-electron chi connectivity index (χ0n) is 14.5. The van der Waals surface area contributed by atoms with Crippen LogP contribution < -0.4 is 5.32 Å². The highest BCUT2D eigenvalue weighted by Gasteiger charge is 2.12. The van der Waals surface area contributed by atoms with E-state index in [-0.39, 0.29) is 11.8 Å². The molecule has 0 saturated heterocycles. The summed E-state index contributed by atoms with van der Waals surface area (Å²) < 4.78 is 6.17. The van der Waals surface area contributed by atoms with E-state index in [0.717, 1.165) is 39.1 Å². The number of alkyl halides is 1. The van der Waals surface area contributed by atoms with Gasteiger partial charge in [-0.2, -0.15) is 0 Å². The Kier molecular flexibility index (Phi) is 4.90. The fourth-order valence-corrected chi connectivity index (χ4v) is 3.10. The number of furan rings is 1. The fourth-order valence-electron chi connectivity index (χ4n) is 3.01. The Morgan fingerprint density at radius 3 is 2.63 bits per heavy atom. The number of nitrogens with one attached hydrogen (secondary N) is 1. The number of amides is 1. The van der Waals surface area contributed by atoms with E-state index in [0.29, 0.717) is 6.54 Å². The Morgan fingerprint density at radius 1 is 1.00 bits per heavy atom. The van der Waals surface area contributed by atoms with Crippen LogP contribution in [-0.2, 0) is 11.3 Å². The van der Waals surface area contributed by atoms with Gasteiger partial charge in [-0.1, -0.05) is 48.5 Å². The van der Waals surface area contributed by atoms with E-state index in [1.807, 2.05) is 54.6 Å². The average molecular weight is 377 g/mol. The number of hydrogen-bond donors (Lipinski definition) is 1. The second-order valence-electron chi connectivity index (χ2n) is 6.16. The Morgan fingerprint density at radius 2 is 1.81 bits per heavy atom. The fraction of sp³-hybridized carbons (Fsp3) is 0.0909. The van der Waals surface area contributed by atoms with Gasteiger partial charge in [0.25, 0.3) is 0 Å². The molecule has 2 aromatic carbocycles. The first-order valence-corrected chi connectivity index (χ1v) is 9.14. The predicted molar refractivity (Wildman–Crippen MR) is 107 cm³/mol. The lowest BCUT2D eigenvalue weighted by molar-refractivity contribution is -0.118. The lowest BCUT2D eigenvalue weighted by Gasteiger charge is -2.05. The standard InChI is InChI=1S/C22H17ClN2O2/c23-13-21(26)25-14-15-5-4-8-17(11-15)20-12-19-22(27-20)18(9-10-24-19)16-6-2-1-3-7-16/h1-12H,13-14H2,(H,25,26). The second kappa shape index (κ2) is 7.64. The molecule has 2 heterocycles. The van der Waals surface area contributed by atoms with Crippen LogP contribution >= 0.6 is 11.6 Å². The van der Waals surface area contributed by atoms with Gasteiger partial charge in [0.2, 0.25) is 5.91 Å². The first kappa shape index (κ1) is 17.3. The lowest BCUT2D eigenvalue weighted by atomic mass is 10.1. The molecule has 4 rings (SSSR count). The van der Waals surface area contributed by atoms with Gasteiger partial charge < -0.3 is 9.73 Å². The summed E-state index contributed by atoms with van der Waals surface area (Å²) >= 11 is 5.52. The van der Waals surface area contributed by atoms with Crippen molar-refractivity contribution in [3.05, 3.63) is 78.5 Å². The molecule has 4 aromatic rings. The van der Waals surface area contributed by atoms with E-state index in [4.69, 9.17) is 16.0 Å². The molecule has 2 aromatic heterocycles. The summed E-state index contributed by atoms with van der Waals surface area (Å²) in [5.41, 5.74) is 5.58. The number of nitrogens with zero attached hydrogens (tertiary/aromatic N) is 1. The minimum atomic E-state index is -0.192. The molecular formula is C22H17ClN2O2. The highest BCUT2D eigenvalue weighted by molar-refractivity contribution is 6.27. The van der Waals surface area contributed by atoms with Gasteiger partial charge in [-0.25, -0.2) is 0 Å². The van der Waals surface area contributed by atoms with Crippen molar-refractivity contribution in [3.63, 3.8) is 0 Å². The van der Waals surface area contributed by atoms with Gasteiger partial charge in [-0.05, 0) is 23.3 Å². The molecule has 0 aliphatic carbocycles. The van der Waals surface area contributed by atoms with Crippen LogP contribution in [-0.4, -0.2) is 16.8 Å². The van der Waals surface area contributed by atoms with Gasteiger partial charge in [0, 0.05) is 29.9 Å². The van der Waals surface area contributed by atoms with E-state index in [1.165, 1.54) is 0 Å². The summed E-state index contributed by atoms with van der Waals surface area (Å²) in [5, 5.41) is 2.77. The van der Waals surface area contributed by atoms with Crippen LogP contribution in [0.25, 0.3) is 33.6 Å². The summed E-state index contributed by atoms with van der Waals surface area (Å²) in [7, 11) is 0. The number of aromatic nitrogens is 1. The molecule has 0 aliphatic heterocycles. The zero-order chi connectivity index (χ0) is 18.6. The lowest BCUT2D eigenvalue weighted by Crippen LogP contribution is -2.23. The van der Waals surface area contributed by atoms with Crippen molar-refractivity contribution in [2.45, 2.75) is 6.54 Å². The molecule has 5 heteroatoms. The van der Waals surface area contributed by atoms with Crippen molar-refractivity contribution in [1.29, 1.82) is 0 Å². The number of pyridine rings is 1. The zero-order valence-corrected chi connectivity index (χ0v) is 15.2. The Balaban J connectivity index is 1.70. The Bertz CT molecular complexity index is 1090. The molecular weight excluding hydrogens is 360 g/mol. The van der Waals surface area contributed by atoms with Crippen molar-refractivity contribution >= 4 is 28.6 Å². The van der Waals surface area contributed by atoms with E-state index in [1.54, 1.807) is 6.20 Å². The molecule has 0 radical (unpaired) electrons. The normalized spacial score (nSPS) is 10.9. The predicted octanol–water partition coefficient (Wildman–Crippen LogP) is 5.02. The second-order valence-corrected chi connectivity index (χ2v) is 6.43. The molecule has 0 aliphatic rings. The minimum Gasteiger partial charge on any atom is -0.454 e. The van der Waals surface area contributed by atoms with Crippen LogP contribution in [0.5, 0.6) is 0 Å². The summed E-state index contributed by atoms with van der Waals surface area (Å²) in [6.07, 6.45) is 1.79. The summed E-state index contributed by atoms with van der Waals surface area (Å²) in [4.78, 5) is 15.8. The molecule has 1 N–H and O–H groups in total. The number of carbonyl (C=O) groups is 1. The van der Waals surface area contributed by atoms with Crippen LogP contribution in [0.3, 0.4) is 0 Å². The van der Waals surface area contributed by atoms with Crippen molar-refractivity contribution < 1.29 is 9.21 Å². The molecule has 1 amide bonds. The van der Waals surface area contributed by atoms with E-state index < -0.39 is 0 Å². The molecule has 134 valence electrons. The van der Waals surface area contributed by atoms with Crippen LogP contribution in [0.15, 0.2) is 77.3 Å². The maximum Gasteiger partial charge on any atom is 0.235 e. The van der Waals surface area contributed by atoms with Crippen LogP contribution in [0, 0.1) is 0 Å². The topological polar surface area (TPSA) is 55.1 Å². The van der Waals surface area contributed by atoms with Gasteiger partial charge >= 0.3 is 0 Å². The van der Waals surface area contributed by atoms with Gasteiger partial charge in [0.1, 0.15) is 17.2 Å². The van der Waals surface area contributed by atoms with Crippen molar-refractivity contribution in [3.8, 4) is 22.5 Å². The molecule has 0 fully saturated rings. The minimum absolute atomic E-state index is 0.0444. The van der Waals surface area contributed by atoms with Gasteiger partial charge in [0.15, 0.2) is 5.58 Å². The monoisotopic (exact) mass is 376 g/mol. The summed E-state index contributed by atoms with van der Waals surface area (Å²) in [5.74, 6) is 0.505. The van der Waals surface area contributed by atoms with Crippen LogP contribution in [0.1, 0.15) is 5.56 Å². The van der Waals surface area contributed by atoms with Crippen LogP contribution in [0.4, 0.5) is 0 Å². The first-order valence-electron chi connectivity index (χ1n) is 8.60. The highest BCUT2D eigenvalue weighted by atomic mass is 35.5. The van der Waals surface area contributed by atoms with Crippen molar-refractivity contribution in [2.24, 2.45) is 0 Å². The van der Waals surface area contributed by atoms with Crippen molar-refractivity contribution in [2.75, 3.05) is 5.88 Å². The number of rotatable bonds is 5. The quantitative estimate of drug-likeness (QED) is 0.498. The molecule has 0 bridgehead atoms. The number of carbonyl (C=O) groups excluding carboxylic acids is 1. The largest absolute Gasteiger partial charge is 0.454 e. The van der Waals surface area contributed by atoms with Gasteiger partial charge in [-0.15, -0.1) is 11.6 Å². The molecule has 0 unspecified atom stereocenters. The van der Waals surface area contributed by atoms with Crippen molar-refractivity contribution in [1.82, 2.24) is 10.3 Å².